The van der Waals surface area contributed by atoms with Gasteiger partial charge in [0.15, 0.2) is 0 Å². The van der Waals surface area contributed by atoms with Crippen molar-refractivity contribution in [1.82, 2.24) is 0 Å². The lowest BCUT2D eigenvalue weighted by molar-refractivity contribution is -0.137. The monoisotopic (exact) mass is 221 g/mol. The molecule has 1 atom stereocenters. The number of rotatable bonds is 5. The Kier molecular flexibility index (Phi) is 7.47. The zero-order chi connectivity index (χ0) is 8.81. The lowest BCUT2D eigenvalue weighted by Gasteiger charge is -2.04. The Morgan fingerprint density at radius 2 is 2.23 bits per heavy atom. The van der Waals surface area contributed by atoms with Crippen LogP contribution in [0.25, 0.3) is 0 Å². The molecular formula is C9H17O2S2+. The topological polar surface area (TPSA) is 37.3 Å². The van der Waals surface area contributed by atoms with Crippen LogP contribution < -0.4 is 0 Å². The van der Waals surface area contributed by atoms with Gasteiger partial charge in [0.05, 0.1) is 0 Å². The van der Waals surface area contributed by atoms with Gasteiger partial charge in [0.25, 0.3) is 0 Å². The molecule has 1 rings (SSSR count). The maximum absolute atomic E-state index is 10.2. The van der Waals surface area contributed by atoms with Crippen LogP contribution >= 0.6 is 21.6 Å². The van der Waals surface area contributed by atoms with E-state index in [-0.39, 0.29) is 7.43 Å². The molecule has 0 amide bonds. The average Bonchev–Trinajstić information content (AvgIpc) is 2.49. The van der Waals surface area contributed by atoms with Gasteiger partial charge in [0.2, 0.25) is 0 Å². The molecule has 0 spiro atoms. The van der Waals surface area contributed by atoms with E-state index < -0.39 is 5.97 Å². The lowest BCUT2D eigenvalue weighted by Crippen LogP contribution is -1.99. The van der Waals surface area contributed by atoms with Crippen molar-refractivity contribution in [3.63, 3.8) is 0 Å². The zero-order valence-electron chi connectivity index (χ0n) is 7.99. The quantitative estimate of drug-likeness (QED) is 0.439. The molecule has 0 aromatic heterocycles. The Bertz CT molecular complexity index is 145. The summed E-state index contributed by atoms with van der Waals surface area (Å²) in [6.07, 6.45) is 4.76. The Morgan fingerprint density at radius 1 is 1.46 bits per heavy atom. The number of carbonyl (C=O) groups is 1. The van der Waals surface area contributed by atoms with Crippen molar-refractivity contribution in [2.75, 3.05) is 5.75 Å². The van der Waals surface area contributed by atoms with Crippen molar-refractivity contribution in [1.29, 1.82) is 0 Å². The van der Waals surface area contributed by atoms with Crippen molar-refractivity contribution in [3.05, 3.63) is 7.43 Å². The van der Waals surface area contributed by atoms with Gasteiger partial charge in [-0.05, 0) is 19.3 Å². The number of hydrogen-bond acceptors (Lipinski definition) is 3. The van der Waals surface area contributed by atoms with Gasteiger partial charge in [0, 0.05) is 24.9 Å². The van der Waals surface area contributed by atoms with Gasteiger partial charge in [-0.25, -0.2) is 0 Å². The molecule has 4 heteroatoms. The highest BCUT2D eigenvalue weighted by molar-refractivity contribution is 8.77. The van der Waals surface area contributed by atoms with Crippen molar-refractivity contribution < 1.29 is 9.90 Å². The molecule has 1 aliphatic heterocycles. The minimum absolute atomic E-state index is 0. The first-order valence-electron chi connectivity index (χ1n) is 4.29. The van der Waals surface area contributed by atoms with Crippen LogP contribution in [0.5, 0.6) is 0 Å². The third kappa shape index (κ3) is 6.16. The molecule has 1 heterocycles. The molecule has 13 heavy (non-hydrogen) atoms. The largest absolute Gasteiger partial charge is 0.481 e. The fourth-order valence-corrected chi connectivity index (χ4v) is 4.24. The summed E-state index contributed by atoms with van der Waals surface area (Å²) in [7, 11) is 3.92. The molecule has 76 valence electrons. The summed E-state index contributed by atoms with van der Waals surface area (Å²) in [5.74, 6) is 0.609. The summed E-state index contributed by atoms with van der Waals surface area (Å²) in [6.45, 7) is 0. The van der Waals surface area contributed by atoms with Crippen LogP contribution in [0.15, 0.2) is 0 Å². The number of aliphatic carboxylic acids is 1. The van der Waals surface area contributed by atoms with Gasteiger partial charge in [-0.3, -0.25) is 4.79 Å². The van der Waals surface area contributed by atoms with Gasteiger partial charge < -0.3 is 5.11 Å². The van der Waals surface area contributed by atoms with Crippen LogP contribution in [0, 0.1) is 7.43 Å². The van der Waals surface area contributed by atoms with E-state index in [0.717, 1.165) is 18.1 Å². The number of unbranched alkanes of at least 4 members (excludes halogenated alkanes) is 1. The highest BCUT2D eigenvalue weighted by Crippen LogP contribution is 2.39. The number of hydrogen-bond donors (Lipinski definition) is 1. The molecule has 1 N–H and O–H groups in total. The molecule has 0 aliphatic carbocycles. The highest BCUT2D eigenvalue weighted by Gasteiger charge is 2.15. The van der Waals surface area contributed by atoms with Crippen molar-refractivity contribution in [2.45, 2.75) is 37.4 Å². The molecule has 2 nitrogen and oxygen atoms in total. The van der Waals surface area contributed by atoms with E-state index in [0.29, 0.717) is 6.42 Å². The molecule has 1 unspecified atom stereocenters. The second-order valence-electron chi connectivity index (χ2n) is 2.97. The summed E-state index contributed by atoms with van der Waals surface area (Å²) < 4.78 is 0. The number of carboxylic acids is 1. The van der Waals surface area contributed by atoms with Crippen LogP contribution in [0.1, 0.15) is 32.1 Å². The first-order valence-corrected chi connectivity index (χ1v) is 6.67. The Balaban J connectivity index is 0.00000144. The van der Waals surface area contributed by atoms with E-state index in [1.54, 1.807) is 0 Å². The maximum Gasteiger partial charge on any atom is 0.303 e. The van der Waals surface area contributed by atoms with Crippen LogP contribution in [0.2, 0.25) is 0 Å². The first-order chi connectivity index (χ1) is 5.79. The van der Waals surface area contributed by atoms with Gasteiger partial charge in [-0.2, -0.15) is 0 Å². The minimum Gasteiger partial charge on any atom is -0.481 e. The predicted octanol–water partition coefficient (Wildman–Crippen LogP) is 3.24. The predicted molar refractivity (Wildman–Crippen MR) is 61.0 cm³/mol. The summed E-state index contributed by atoms with van der Waals surface area (Å²) in [4.78, 5) is 10.2. The molecule has 1 fully saturated rings. The fraction of sp³-hybridized carbons (Fsp3) is 0.778. The van der Waals surface area contributed by atoms with E-state index in [2.05, 4.69) is 0 Å². The highest BCUT2D eigenvalue weighted by atomic mass is 33.1. The molecule has 1 aliphatic rings. The first kappa shape index (κ1) is 13.0. The van der Waals surface area contributed by atoms with E-state index >= 15 is 0 Å². The average molecular weight is 221 g/mol. The van der Waals surface area contributed by atoms with Gasteiger partial charge in [-0.1, -0.05) is 28.0 Å². The molecule has 0 saturated carbocycles. The van der Waals surface area contributed by atoms with Gasteiger partial charge >= 0.3 is 5.97 Å². The van der Waals surface area contributed by atoms with Crippen LogP contribution in [0.3, 0.4) is 0 Å². The van der Waals surface area contributed by atoms with Gasteiger partial charge in [0.1, 0.15) is 0 Å². The van der Waals surface area contributed by atoms with E-state index in [9.17, 15) is 4.79 Å². The SMILES string of the molecule is O=C(O)CCCCC1CCSS1.[CH3+]. The number of carboxylic acid groups (broad SMARTS) is 1. The molecule has 0 bridgehead atoms. The summed E-state index contributed by atoms with van der Waals surface area (Å²) in [5, 5.41) is 9.19. The lowest BCUT2D eigenvalue weighted by atomic mass is 10.1. The fourth-order valence-electron chi connectivity index (χ4n) is 1.21. The minimum atomic E-state index is -0.663. The zero-order valence-corrected chi connectivity index (χ0v) is 9.62. The molecule has 0 radical (unpaired) electrons. The normalized spacial score (nSPS) is 21.1. The van der Waals surface area contributed by atoms with Gasteiger partial charge in [-0.15, -0.1) is 0 Å². The third-order valence-corrected chi connectivity index (χ3v) is 4.90. The Labute approximate surface area is 88.3 Å². The standard InChI is InChI=1S/C8H14O2S2.CH3/c9-8(10)4-2-1-3-7-5-6-11-12-7;/h7H,1-6H2,(H,9,10);1H3/q;+1. The van der Waals surface area contributed by atoms with Crippen LogP contribution in [-0.2, 0) is 4.79 Å². The summed E-state index contributed by atoms with van der Waals surface area (Å²) >= 11 is 0. The third-order valence-electron chi connectivity index (χ3n) is 1.89. The van der Waals surface area contributed by atoms with Crippen LogP contribution in [-0.4, -0.2) is 22.1 Å². The van der Waals surface area contributed by atoms with Crippen LogP contribution in [0.4, 0.5) is 0 Å². The van der Waals surface area contributed by atoms with E-state index in [4.69, 9.17) is 5.11 Å². The smallest absolute Gasteiger partial charge is 0.303 e. The molecule has 0 aromatic carbocycles. The van der Waals surface area contributed by atoms with Crippen molar-refractivity contribution in [2.24, 2.45) is 0 Å². The second-order valence-corrected chi connectivity index (χ2v) is 5.76. The molecule has 1 saturated heterocycles. The summed E-state index contributed by atoms with van der Waals surface area (Å²) in [5.41, 5.74) is 0. The van der Waals surface area contributed by atoms with E-state index in [1.807, 2.05) is 21.6 Å². The summed E-state index contributed by atoms with van der Waals surface area (Å²) in [6, 6.07) is 0. The Hall–Kier alpha value is 0.0400. The second kappa shape index (κ2) is 7.44. The maximum atomic E-state index is 10.2. The molecule has 0 aromatic rings. The van der Waals surface area contributed by atoms with Crippen molar-refractivity contribution in [3.8, 4) is 0 Å². The Morgan fingerprint density at radius 3 is 2.77 bits per heavy atom. The van der Waals surface area contributed by atoms with E-state index in [1.165, 1.54) is 18.6 Å². The molecular weight excluding hydrogens is 204 g/mol. The van der Waals surface area contributed by atoms with Crippen molar-refractivity contribution >= 4 is 27.6 Å².